The van der Waals surface area contributed by atoms with Crippen LogP contribution in [-0.4, -0.2) is 9.55 Å². The minimum absolute atomic E-state index is 0.0321. The molecule has 96 valence electrons. The molecule has 0 aliphatic carbocycles. The minimum atomic E-state index is 0.0321. The number of hydrogen-bond donors (Lipinski definition) is 1. The second kappa shape index (κ2) is 5.35. The molecule has 0 aliphatic rings. The van der Waals surface area contributed by atoms with Gasteiger partial charge in [-0.25, -0.2) is 4.98 Å². The van der Waals surface area contributed by atoms with Crippen LogP contribution in [-0.2, 0) is 6.54 Å². The van der Waals surface area contributed by atoms with Gasteiger partial charge >= 0.3 is 0 Å². The molecule has 18 heavy (non-hydrogen) atoms. The maximum Gasteiger partial charge on any atom is 0.250 e. The van der Waals surface area contributed by atoms with Crippen molar-refractivity contribution in [3.05, 3.63) is 44.8 Å². The highest BCUT2D eigenvalue weighted by Crippen LogP contribution is 2.24. The summed E-state index contributed by atoms with van der Waals surface area (Å²) in [5, 5.41) is 3.40. The molecule has 0 bridgehead atoms. The smallest absolute Gasteiger partial charge is 0.250 e. The summed E-state index contributed by atoms with van der Waals surface area (Å²) >= 11 is 1.65. The van der Waals surface area contributed by atoms with Gasteiger partial charge in [0.1, 0.15) is 0 Å². The van der Waals surface area contributed by atoms with Crippen LogP contribution in [0.5, 0.6) is 0 Å². The summed E-state index contributed by atoms with van der Waals surface area (Å²) in [4.78, 5) is 17.0. The summed E-state index contributed by atoms with van der Waals surface area (Å²) in [5.41, 5.74) is 3.90. The Kier molecular flexibility index (Phi) is 3.81. The van der Waals surface area contributed by atoms with E-state index in [0.717, 1.165) is 11.4 Å². The highest BCUT2D eigenvalue weighted by Gasteiger charge is 2.11. The van der Waals surface area contributed by atoms with Crippen LogP contribution in [0.25, 0.3) is 0 Å². The molecule has 4 nitrogen and oxygen atoms in total. The van der Waals surface area contributed by atoms with Crippen molar-refractivity contribution in [2.75, 3.05) is 5.32 Å². The topological polar surface area (TPSA) is 46.9 Å². The second-order valence-corrected chi connectivity index (χ2v) is 5.10. The number of nitrogens with zero attached hydrogens (tertiary/aromatic N) is 2. The second-order valence-electron chi connectivity index (χ2n) is 4.21. The van der Waals surface area contributed by atoms with Crippen molar-refractivity contribution < 1.29 is 0 Å². The standard InChI is InChI=1S/C13H17N3OS/c1-4-16-7-11(5-6-12(16)17)15-10(3)13-9(2)14-8-18-13/h5-8,10,15H,4H2,1-3H3. The number of pyridine rings is 1. The lowest BCUT2D eigenvalue weighted by molar-refractivity contribution is 0.725. The van der Waals surface area contributed by atoms with Gasteiger partial charge < -0.3 is 9.88 Å². The fourth-order valence-electron chi connectivity index (χ4n) is 1.91. The van der Waals surface area contributed by atoms with Crippen LogP contribution in [0.15, 0.2) is 28.6 Å². The lowest BCUT2D eigenvalue weighted by Gasteiger charge is -2.15. The lowest BCUT2D eigenvalue weighted by atomic mass is 10.2. The van der Waals surface area contributed by atoms with Gasteiger partial charge in [-0.1, -0.05) is 0 Å². The number of nitrogens with one attached hydrogen (secondary N) is 1. The highest BCUT2D eigenvalue weighted by molar-refractivity contribution is 7.09. The van der Waals surface area contributed by atoms with E-state index in [0.29, 0.717) is 6.54 Å². The van der Waals surface area contributed by atoms with Gasteiger partial charge in [-0.3, -0.25) is 4.79 Å². The van der Waals surface area contributed by atoms with E-state index in [1.165, 1.54) is 4.88 Å². The third kappa shape index (κ3) is 2.61. The fraction of sp³-hybridized carbons (Fsp3) is 0.385. The van der Waals surface area contributed by atoms with E-state index < -0.39 is 0 Å². The molecule has 1 atom stereocenters. The quantitative estimate of drug-likeness (QED) is 0.922. The normalized spacial score (nSPS) is 12.4. The summed E-state index contributed by atoms with van der Waals surface area (Å²) in [6, 6.07) is 3.61. The predicted octanol–water partition coefficient (Wildman–Crippen LogP) is 2.81. The average molecular weight is 263 g/mol. The van der Waals surface area contributed by atoms with Crippen molar-refractivity contribution in [3.8, 4) is 0 Å². The zero-order valence-corrected chi connectivity index (χ0v) is 11.6. The van der Waals surface area contributed by atoms with Gasteiger partial charge in [-0.2, -0.15) is 0 Å². The molecule has 0 fully saturated rings. The van der Waals surface area contributed by atoms with E-state index in [2.05, 4.69) is 17.2 Å². The number of anilines is 1. The van der Waals surface area contributed by atoms with Crippen molar-refractivity contribution in [2.24, 2.45) is 0 Å². The minimum Gasteiger partial charge on any atom is -0.376 e. The van der Waals surface area contributed by atoms with Crippen LogP contribution in [0.4, 0.5) is 5.69 Å². The molecule has 0 saturated heterocycles. The first-order valence-electron chi connectivity index (χ1n) is 5.98. The Balaban J connectivity index is 2.19. The van der Waals surface area contributed by atoms with Crippen molar-refractivity contribution in [3.63, 3.8) is 0 Å². The Morgan fingerprint density at radius 1 is 1.50 bits per heavy atom. The third-order valence-electron chi connectivity index (χ3n) is 2.88. The molecule has 0 saturated carbocycles. The Hall–Kier alpha value is -1.62. The SMILES string of the molecule is CCn1cc(NC(C)c2scnc2C)ccc1=O. The Morgan fingerprint density at radius 2 is 2.28 bits per heavy atom. The lowest BCUT2D eigenvalue weighted by Crippen LogP contribution is -2.18. The van der Waals surface area contributed by atoms with Crippen molar-refractivity contribution >= 4 is 17.0 Å². The molecular weight excluding hydrogens is 246 g/mol. The Labute approximate surface area is 110 Å². The molecular formula is C13H17N3OS. The molecule has 0 spiro atoms. The Morgan fingerprint density at radius 3 is 2.89 bits per heavy atom. The number of hydrogen-bond acceptors (Lipinski definition) is 4. The summed E-state index contributed by atoms with van der Waals surface area (Å²) in [5.74, 6) is 0. The molecule has 2 heterocycles. The molecule has 0 amide bonds. The molecule has 0 radical (unpaired) electrons. The maximum absolute atomic E-state index is 11.5. The molecule has 0 aliphatic heterocycles. The van der Waals surface area contributed by atoms with Crippen molar-refractivity contribution in [1.82, 2.24) is 9.55 Å². The first-order valence-corrected chi connectivity index (χ1v) is 6.86. The number of thiazole rings is 1. The van der Waals surface area contributed by atoms with Gasteiger partial charge in [0.25, 0.3) is 5.56 Å². The van der Waals surface area contributed by atoms with E-state index in [-0.39, 0.29) is 11.6 Å². The van der Waals surface area contributed by atoms with E-state index in [1.54, 1.807) is 22.0 Å². The largest absolute Gasteiger partial charge is 0.376 e. The summed E-state index contributed by atoms with van der Waals surface area (Å²) in [7, 11) is 0. The molecule has 1 N–H and O–H groups in total. The zero-order chi connectivity index (χ0) is 13.1. The summed E-state index contributed by atoms with van der Waals surface area (Å²) < 4.78 is 1.69. The van der Waals surface area contributed by atoms with Gasteiger partial charge in [-0.05, 0) is 26.8 Å². The summed E-state index contributed by atoms with van der Waals surface area (Å²) in [6.07, 6.45) is 1.86. The zero-order valence-electron chi connectivity index (χ0n) is 10.8. The highest BCUT2D eigenvalue weighted by atomic mass is 32.1. The molecule has 2 aromatic rings. The van der Waals surface area contributed by atoms with Gasteiger partial charge in [0, 0.05) is 23.7 Å². The van der Waals surface area contributed by atoms with Gasteiger partial charge in [0.2, 0.25) is 0 Å². The molecule has 5 heteroatoms. The van der Waals surface area contributed by atoms with Crippen LogP contribution >= 0.6 is 11.3 Å². The van der Waals surface area contributed by atoms with Gasteiger partial charge in [0.05, 0.1) is 22.9 Å². The number of aryl methyl sites for hydroxylation is 2. The monoisotopic (exact) mass is 263 g/mol. The van der Waals surface area contributed by atoms with Gasteiger partial charge in [-0.15, -0.1) is 11.3 Å². The van der Waals surface area contributed by atoms with E-state index in [4.69, 9.17) is 0 Å². The van der Waals surface area contributed by atoms with Crippen molar-refractivity contribution in [1.29, 1.82) is 0 Å². The molecule has 2 aromatic heterocycles. The molecule has 2 rings (SSSR count). The number of aromatic nitrogens is 2. The summed E-state index contributed by atoms with van der Waals surface area (Å²) in [6.45, 7) is 6.75. The third-order valence-corrected chi connectivity index (χ3v) is 4.00. The van der Waals surface area contributed by atoms with E-state index in [9.17, 15) is 4.79 Å². The maximum atomic E-state index is 11.5. The van der Waals surface area contributed by atoms with E-state index in [1.807, 2.05) is 31.6 Å². The Bertz CT molecular complexity index is 588. The van der Waals surface area contributed by atoms with E-state index >= 15 is 0 Å². The average Bonchev–Trinajstić information content (AvgIpc) is 2.78. The molecule has 0 aromatic carbocycles. The van der Waals surface area contributed by atoms with Crippen LogP contribution < -0.4 is 10.9 Å². The van der Waals surface area contributed by atoms with Crippen LogP contribution in [0.2, 0.25) is 0 Å². The van der Waals surface area contributed by atoms with Gasteiger partial charge in [0.15, 0.2) is 0 Å². The number of rotatable bonds is 4. The molecule has 1 unspecified atom stereocenters. The van der Waals surface area contributed by atoms with Crippen LogP contribution in [0.1, 0.15) is 30.5 Å². The van der Waals surface area contributed by atoms with Crippen LogP contribution in [0.3, 0.4) is 0 Å². The fourth-order valence-corrected chi connectivity index (χ4v) is 2.72. The predicted molar refractivity (Wildman–Crippen MR) is 75.3 cm³/mol. The first kappa shape index (κ1) is 12.8. The first-order chi connectivity index (χ1) is 8.61. The van der Waals surface area contributed by atoms with Crippen LogP contribution in [0, 0.1) is 6.92 Å². The van der Waals surface area contributed by atoms with Crippen molar-refractivity contribution in [2.45, 2.75) is 33.4 Å².